The Morgan fingerprint density at radius 2 is 2.10 bits per heavy atom. The molecular formula is C23H26N6O. The summed E-state index contributed by atoms with van der Waals surface area (Å²) in [7, 11) is 2.22. The van der Waals surface area contributed by atoms with E-state index in [-0.39, 0.29) is 0 Å². The lowest BCUT2D eigenvalue weighted by Crippen LogP contribution is -2.62. The van der Waals surface area contributed by atoms with Gasteiger partial charge < -0.3 is 14.5 Å². The summed E-state index contributed by atoms with van der Waals surface area (Å²) in [5.74, 6) is 1.74. The van der Waals surface area contributed by atoms with Crippen molar-refractivity contribution in [1.82, 2.24) is 19.5 Å². The zero-order chi connectivity index (χ0) is 20.7. The second kappa shape index (κ2) is 7.29. The lowest BCUT2D eigenvalue weighted by Gasteiger charge is -2.54. The summed E-state index contributed by atoms with van der Waals surface area (Å²) in [6.07, 6.45) is 7.90. The molecule has 0 atom stereocenters. The average molecular weight is 403 g/mol. The normalized spacial score (nSPS) is 18.4. The topological polar surface area (TPSA) is 69.7 Å². The summed E-state index contributed by atoms with van der Waals surface area (Å²) in [5.41, 5.74) is 3.62. The molecule has 0 radical (unpaired) electrons. The van der Waals surface area contributed by atoms with Crippen LogP contribution in [0.5, 0.6) is 5.75 Å². The largest absolute Gasteiger partial charge is 0.492 e. The maximum atomic E-state index is 9.50. The average Bonchev–Trinajstić information content (AvgIpc) is 3.15. The highest BCUT2D eigenvalue weighted by molar-refractivity contribution is 5.85. The lowest BCUT2D eigenvalue weighted by atomic mass is 9.73. The Labute approximate surface area is 176 Å². The van der Waals surface area contributed by atoms with E-state index in [4.69, 9.17) is 9.72 Å². The highest BCUT2D eigenvalue weighted by atomic mass is 16.5. The molecule has 1 spiro atoms. The van der Waals surface area contributed by atoms with Gasteiger partial charge in [-0.3, -0.25) is 0 Å². The Morgan fingerprint density at radius 3 is 2.80 bits per heavy atom. The van der Waals surface area contributed by atoms with Crippen LogP contribution in [0.3, 0.4) is 0 Å². The number of fused-ring (bicyclic) bond motifs is 1. The number of nitriles is 1. The van der Waals surface area contributed by atoms with E-state index in [2.05, 4.69) is 40.1 Å². The predicted molar refractivity (Wildman–Crippen MR) is 116 cm³/mol. The van der Waals surface area contributed by atoms with Gasteiger partial charge in [0.15, 0.2) is 0 Å². The summed E-state index contributed by atoms with van der Waals surface area (Å²) in [6, 6.07) is 8.37. The van der Waals surface area contributed by atoms with Crippen molar-refractivity contribution in [3.63, 3.8) is 0 Å². The van der Waals surface area contributed by atoms with Crippen LogP contribution in [0, 0.1) is 16.7 Å². The Kier molecular flexibility index (Phi) is 4.59. The van der Waals surface area contributed by atoms with Gasteiger partial charge in [-0.2, -0.15) is 10.4 Å². The molecule has 0 unspecified atom stereocenters. The van der Waals surface area contributed by atoms with Gasteiger partial charge in [0.25, 0.3) is 0 Å². The smallest absolute Gasteiger partial charge is 0.138 e. The van der Waals surface area contributed by atoms with Crippen molar-refractivity contribution >= 4 is 11.3 Å². The molecule has 0 aliphatic carbocycles. The first-order valence-electron chi connectivity index (χ1n) is 10.5. The minimum atomic E-state index is 0.435. The van der Waals surface area contributed by atoms with Crippen LogP contribution in [0.15, 0.2) is 36.8 Å². The van der Waals surface area contributed by atoms with Crippen LogP contribution < -0.4 is 9.64 Å². The zero-order valence-electron chi connectivity index (χ0n) is 17.5. The fourth-order valence-electron chi connectivity index (χ4n) is 5.02. The van der Waals surface area contributed by atoms with Crippen LogP contribution in [-0.2, 0) is 0 Å². The summed E-state index contributed by atoms with van der Waals surface area (Å²) < 4.78 is 7.42. The number of nitrogens with zero attached hydrogens (tertiary/aromatic N) is 6. The molecule has 0 bridgehead atoms. The van der Waals surface area contributed by atoms with Gasteiger partial charge in [0.05, 0.1) is 30.1 Å². The number of pyridine rings is 2. The van der Waals surface area contributed by atoms with Crippen LogP contribution in [-0.4, -0.2) is 59.3 Å². The molecule has 3 aromatic rings. The fraction of sp³-hybridized carbons (Fsp3) is 0.435. The van der Waals surface area contributed by atoms with Crippen LogP contribution >= 0.6 is 0 Å². The number of anilines is 1. The van der Waals surface area contributed by atoms with Gasteiger partial charge in [0.1, 0.15) is 17.6 Å². The number of likely N-dealkylation sites (tertiary alicyclic amines) is 1. The number of piperidine rings is 1. The van der Waals surface area contributed by atoms with Gasteiger partial charge in [0.2, 0.25) is 0 Å². The van der Waals surface area contributed by atoms with E-state index in [1.165, 1.54) is 25.9 Å². The molecule has 0 N–H and O–H groups in total. The van der Waals surface area contributed by atoms with Gasteiger partial charge in [-0.05, 0) is 51.6 Å². The molecule has 5 heterocycles. The molecule has 3 aromatic heterocycles. The van der Waals surface area contributed by atoms with E-state index >= 15 is 0 Å². The van der Waals surface area contributed by atoms with Gasteiger partial charge >= 0.3 is 0 Å². The third-order valence-electron chi connectivity index (χ3n) is 6.31. The van der Waals surface area contributed by atoms with Gasteiger partial charge in [-0.15, -0.1) is 0 Å². The monoisotopic (exact) mass is 402 g/mol. The highest BCUT2D eigenvalue weighted by Gasteiger charge is 2.45. The third-order valence-corrected chi connectivity index (χ3v) is 6.31. The molecule has 2 aliphatic heterocycles. The third kappa shape index (κ3) is 3.17. The van der Waals surface area contributed by atoms with Crippen LogP contribution in [0.1, 0.15) is 25.3 Å². The van der Waals surface area contributed by atoms with Crippen molar-refractivity contribution in [3.8, 4) is 22.9 Å². The van der Waals surface area contributed by atoms with Gasteiger partial charge in [-0.25, -0.2) is 9.50 Å². The second-order valence-corrected chi connectivity index (χ2v) is 8.59. The SMILES string of the molecule is CCOc1cc(-c2ccc(N3CC4(CCCN(C)C4)C3)nc2)c2c(C#N)cnn2c1. The van der Waals surface area contributed by atoms with E-state index < -0.39 is 0 Å². The van der Waals surface area contributed by atoms with E-state index in [0.717, 1.165) is 41.3 Å². The van der Waals surface area contributed by atoms with Crippen molar-refractivity contribution < 1.29 is 4.74 Å². The van der Waals surface area contributed by atoms with Gasteiger partial charge in [-0.1, -0.05) is 0 Å². The standard InChI is InChI=1S/C23H26N6O/c1-3-30-19-9-20(22-18(10-24)12-26-29(22)13-19)17-5-6-21(25-11-17)28-15-23(16-28)7-4-8-27(2)14-23/h5-6,9,11-13H,3-4,7-8,14-16H2,1-2H3. The maximum Gasteiger partial charge on any atom is 0.138 e. The van der Waals surface area contributed by atoms with Crippen LogP contribution in [0.4, 0.5) is 5.82 Å². The van der Waals surface area contributed by atoms with Crippen LogP contribution in [0.25, 0.3) is 16.6 Å². The number of ether oxygens (including phenoxy) is 1. The fourth-order valence-corrected chi connectivity index (χ4v) is 5.02. The first kappa shape index (κ1) is 18.9. The molecule has 5 rings (SSSR count). The van der Waals surface area contributed by atoms with Crippen molar-refractivity contribution in [1.29, 1.82) is 5.26 Å². The molecule has 154 valence electrons. The van der Waals surface area contributed by atoms with Crippen molar-refractivity contribution in [2.45, 2.75) is 19.8 Å². The Morgan fingerprint density at radius 1 is 1.23 bits per heavy atom. The Bertz CT molecular complexity index is 1110. The molecule has 7 heteroatoms. The quantitative estimate of drug-likeness (QED) is 0.668. The van der Waals surface area contributed by atoms with E-state index in [1.807, 2.05) is 25.4 Å². The van der Waals surface area contributed by atoms with E-state index in [9.17, 15) is 5.26 Å². The molecular weight excluding hydrogens is 376 g/mol. The van der Waals surface area contributed by atoms with Crippen molar-refractivity contribution in [3.05, 3.63) is 42.4 Å². The molecule has 0 amide bonds. The molecule has 0 aromatic carbocycles. The zero-order valence-corrected chi connectivity index (χ0v) is 17.5. The molecule has 30 heavy (non-hydrogen) atoms. The summed E-state index contributed by atoms with van der Waals surface area (Å²) in [4.78, 5) is 9.58. The first-order valence-corrected chi connectivity index (χ1v) is 10.5. The molecule has 2 aliphatic rings. The first-order chi connectivity index (χ1) is 14.6. The minimum absolute atomic E-state index is 0.435. The number of aromatic nitrogens is 3. The number of hydrogen-bond acceptors (Lipinski definition) is 6. The number of hydrogen-bond donors (Lipinski definition) is 0. The predicted octanol–water partition coefficient (Wildman–Crippen LogP) is 3.20. The number of rotatable bonds is 4. The van der Waals surface area contributed by atoms with Crippen molar-refractivity contribution in [2.75, 3.05) is 44.7 Å². The summed E-state index contributed by atoms with van der Waals surface area (Å²) in [6.45, 7) is 7.07. The molecule has 2 saturated heterocycles. The lowest BCUT2D eigenvalue weighted by molar-refractivity contribution is 0.0778. The van der Waals surface area contributed by atoms with Crippen molar-refractivity contribution in [2.24, 2.45) is 5.41 Å². The minimum Gasteiger partial charge on any atom is -0.492 e. The highest BCUT2D eigenvalue weighted by Crippen LogP contribution is 2.41. The second-order valence-electron chi connectivity index (χ2n) is 8.59. The van der Waals surface area contributed by atoms with Gasteiger partial charge in [0, 0.05) is 42.4 Å². The molecule has 2 fully saturated rings. The summed E-state index contributed by atoms with van der Waals surface area (Å²) >= 11 is 0. The Balaban J connectivity index is 1.43. The summed E-state index contributed by atoms with van der Waals surface area (Å²) in [5, 5.41) is 13.8. The Hall–Kier alpha value is -3.11. The van der Waals surface area contributed by atoms with Crippen LogP contribution in [0.2, 0.25) is 0 Å². The maximum absolute atomic E-state index is 9.50. The van der Waals surface area contributed by atoms with E-state index in [0.29, 0.717) is 17.6 Å². The molecule has 0 saturated carbocycles. The molecule has 7 nitrogen and oxygen atoms in total. The van der Waals surface area contributed by atoms with E-state index in [1.54, 1.807) is 10.7 Å².